The van der Waals surface area contributed by atoms with Gasteiger partial charge in [0, 0.05) is 5.92 Å². The number of esters is 1. The van der Waals surface area contributed by atoms with E-state index in [0.29, 0.717) is 29.7 Å². The maximum Gasteiger partial charge on any atom is 0.339 e. The predicted octanol–water partition coefficient (Wildman–Crippen LogP) is 4.18. The van der Waals surface area contributed by atoms with E-state index >= 15 is 0 Å². The summed E-state index contributed by atoms with van der Waals surface area (Å²) in [4.78, 5) is 13.2. The summed E-state index contributed by atoms with van der Waals surface area (Å²) in [5.74, 6) is -0.768. The number of aliphatic hydroxyl groups excluding tert-OH is 2. The average molecular weight is 475 g/mol. The molecule has 1 saturated heterocycles. The van der Waals surface area contributed by atoms with E-state index in [4.69, 9.17) is 18.9 Å². The normalized spacial score (nSPS) is 32.0. The molecule has 188 valence electrons. The molecule has 1 aromatic rings. The maximum atomic E-state index is 13.2. The number of carbonyl (C=O) groups excluding carboxylic acids is 1. The molecule has 3 rings (SSSR count). The molecular weight excluding hydrogens is 436 g/mol. The Labute approximate surface area is 202 Å². The Hall–Kier alpha value is -2.19. The molecule has 2 aliphatic rings. The second kappa shape index (κ2) is 11.0. The van der Waals surface area contributed by atoms with Crippen LogP contribution < -0.4 is 4.74 Å². The summed E-state index contributed by atoms with van der Waals surface area (Å²) < 4.78 is 23.6. The highest BCUT2D eigenvalue weighted by Gasteiger charge is 2.43. The minimum atomic E-state index is -0.854. The molecule has 0 spiro atoms. The SMILES string of the molecule is CCC(O)COc1cc(C)c2c(c1)/C=C/C[C@@H]1OC(C)(C)OC1C(O)/C=C\[C@@H](C)[C@H](C)OC2=O. The number of benzene rings is 1. The van der Waals surface area contributed by atoms with Crippen LogP contribution in [0.2, 0.25) is 0 Å². The minimum absolute atomic E-state index is 0.118. The smallest absolute Gasteiger partial charge is 0.339 e. The number of carbonyl (C=O) groups is 1. The van der Waals surface area contributed by atoms with E-state index in [9.17, 15) is 15.0 Å². The molecule has 0 aromatic heterocycles. The first kappa shape index (κ1) is 26.4. The molecule has 0 bridgehead atoms. The first-order valence-corrected chi connectivity index (χ1v) is 12.1. The van der Waals surface area contributed by atoms with Crippen molar-refractivity contribution in [2.45, 2.75) is 90.7 Å². The van der Waals surface area contributed by atoms with Crippen molar-refractivity contribution in [2.24, 2.45) is 5.92 Å². The molecule has 2 heterocycles. The second-order valence-corrected chi connectivity index (χ2v) is 9.70. The molecule has 0 amide bonds. The number of rotatable bonds is 4. The van der Waals surface area contributed by atoms with Gasteiger partial charge in [-0.1, -0.05) is 38.2 Å². The number of aryl methyl sites for hydroxylation is 1. The van der Waals surface area contributed by atoms with Gasteiger partial charge >= 0.3 is 5.97 Å². The van der Waals surface area contributed by atoms with Crippen LogP contribution in [0.1, 0.15) is 68.9 Å². The molecule has 1 fully saturated rings. The van der Waals surface area contributed by atoms with E-state index in [0.717, 1.165) is 5.56 Å². The van der Waals surface area contributed by atoms with Crippen molar-refractivity contribution in [2.75, 3.05) is 6.61 Å². The van der Waals surface area contributed by atoms with Gasteiger partial charge in [-0.15, -0.1) is 0 Å². The third-order valence-corrected chi connectivity index (χ3v) is 6.33. The summed E-state index contributed by atoms with van der Waals surface area (Å²) in [6.07, 6.45) is 5.69. The van der Waals surface area contributed by atoms with Crippen LogP contribution in [0.4, 0.5) is 0 Å². The van der Waals surface area contributed by atoms with Crippen molar-refractivity contribution in [1.82, 2.24) is 0 Å². The van der Waals surface area contributed by atoms with Gasteiger partial charge in [-0.2, -0.15) is 0 Å². The Bertz CT molecular complexity index is 920. The van der Waals surface area contributed by atoms with Crippen LogP contribution in [-0.2, 0) is 14.2 Å². The summed E-state index contributed by atoms with van der Waals surface area (Å²) in [6, 6.07) is 3.57. The lowest BCUT2D eigenvalue weighted by atomic mass is 9.97. The van der Waals surface area contributed by atoms with Crippen LogP contribution in [0.3, 0.4) is 0 Å². The molecule has 6 atom stereocenters. The molecule has 2 N–H and O–H groups in total. The van der Waals surface area contributed by atoms with Crippen molar-refractivity contribution in [1.29, 1.82) is 0 Å². The summed E-state index contributed by atoms with van der Waals surface area (Å²) >= 11 is 0. The summed E-state index contributed by atoms with van der Waals surface area (Å²) in [7, 11) is 0. The molecule has 3 unspecified atom stereocenters. The van der Waals surface area contributed by atoms with Crippen molar-refractivity contribution < 1.29 is 34.0 Å². The van der Waals surface area contributed by atoms with Gasteiger partial charge in [0.25, 0.3) is 0 Å². The van der Waals surface area contributed by atoms with E-state index < -0.39 is 36.2 Å². The van der Waals surface area contributed by atoms with Gasteiger partial charge in [-0.25, -0.2) is 4.79 Å². The largest absolute Gasteiger partial charge is 0.491 e. The van der Waals surface area contributed by atoms with Crippen LogP contribution in [0.15, 0.2) is 30.4 Å². The minimum Gasteiger partial charge on any atom is -0.491 e. The zero-order valence-electron chi connectivity index (χ0n) is 21.0. The van der Waals surface area contributed by atoms with Gasteiger partial charge in [-0.3, -0.25) is 0 Å². The molecule has 34 heavy (non-hydrogen) atoms. The number of hydrogen-bond donors (Lipinski definition) is 2. The molecular formula is C27H38O7. The van der Waals surface area contributed by atoms with Gasteiger partial charge in [0.05, 0.1) is 17.8 Å². The molecule has 2 aliphatic heterocycles. The standard InChI is InChI=1S/C27H38O7/c1-7-20(28)15-31-21-13-17(3)24-19(14-21)9-8-10-23-25(34-27(5,6)33-23)22(29)12-11-16(2)18(4)32-26(24)30/h8-9,11-14,16,18,20,22-23,25,28-29H,7,10,15H2,1-6H3/b9-8+,12-11-/t16-,18+,20?,22?,23+,25?/m1/s1. The van der Waals surface area contributed by atoms with Crippen LogP contribution >= 0.6 is 0 Å². The molecule has 0 radical (unpaired) electrons. The highest BCUT2D eigenvalue weighted by atomic mass is 16.8. The van der Waals surface area contributed by atoms with E-state index in [1.807, 2.05) is 59.8 Å². The number of ether oxygens (including phenoxy) is 4. The highest BCUT2D eigenvalue weighted by Crippen LogP contribution is 2.33. The predicted molar refractivity (Wildman–Crippen MR) is 130 cm³/mol. The van der Waals surface area contributed by atoms with Crippen LogP contribution in [0.25, 0.3) is 6.08 Å². The third kappa shape index (κ3) is 6.48. The molecule has 1 aromatic carbocycles. The average Bonchev–Trinajstić information content (AvgIpc) is 3.08. The number of cyclic esters (lactones) is 1. The number of hydrogen-bond acceptors (Lipinski definition) is 7. The topological polar surface area (TPSA) is 94.5 Å². The summed E-state index contributed by atoms with van der Waals surface area (Å²) in [5, 5.41) is 20.6. The molecule has 7 heteroatoms. The van der Waals surface area contributed by atoms with E-state index in [1.54, 1.807) is 18.2 Å². The van der Waals surface area contributed by atoms with Gasteiger partial charge in [0.2, 0.25) is 0 Å². The van der Waals surface area contributed by atoms with Crippen molar-refractivity contribution in [3.05, 3.63) is 47.1 Å². The highest BCUT2D eigenvalue weighted by molar-refractivity contribution is 5.95. The molecule has 0 saturated carbocycles. The quantitative estimate of drug-likeness (QED) is 0.499. The van der Waals surface area contributed by atoms with E-state index in [2.05, 4.69) is 0 Å². The fraction of sp³-hybridized carbons (Fsp3) is 0.593. The van der Waals surface area contributed by atoms with Gasteiger partial charge in [0.15, 0.2) is 5.79 Å². The van der Waals surface area contributed by atoms with Crippen molar-refractivity contribution in [3.63, 3.8) is 0 Å². The Morgan fingerprint density at radius 2 is 1.94 bits per heavy atom. The lowest BCUT2D eigenvalue weighted by Crippen LogP contribution is -2.34. The Kier molecular flexibility index (Phi) is 8.57. The molecule has 0 aliphatic carbocycles. The monoisotopic (exact) mass is 474 g/mol. The first-order chi connectivity index (χ1) is 16.0. The zero-order valence-corrected chi connectivity index (χ0v) is 21.0. The summed E-state index contributed by atoms with van der Waals surface area (Å²) in [6.45, 7) is 11.3. The summed E-state index contributed by atoms with van der Waals surface area (Å²) in [5.41, 5.74) is 1.86. The van der Waals surface area contributed by atoms with E-state index in [1.165, 1.54) is 0 Å². The Morgan fingerprint density at radius 3 is 2.65 bits per heavy atom. The fourth-order valence-corrected chi connectivity index (χ4v) is 4.14. The Morgan fingerprint density at radius 1 is 1.21 bits per heavy atom. The van der Waals surface area contributed by atoms with Crippen LogP contribution in [0.5, 0.6) is 5.75 Å². The third-order valence-electron chi connectivity index (χ3n) is 6.33. The molecule has 7 nitrogen and oxygen atoms in total. The zero-order chi connectivity index (χ0) is 25.0. The van der Waals surface area contributed by atoms with Crippen molar-refractivity contribution in [3.8, 4) is 5.75 Å². The lowest BCUT2D eigenvalue weighted by molar-refractivity contribution is -0.152. The lowest BCUT2D eigenvalue weighted by Gasteiger charge is -2.23. The first-order valence-electron chi connectivity index (χ1n) is 12.1. The van der Waals surface area contributed by atoms with Gasteiger partial charge in [0.1, 0.15) is 30.7 Å². The Balaban J connectivity index is 1.99. The number of fused-ring (bicyclic) bond motifs is 2. The van der Waals surface area contributed by atoms with Crippen LogP contribution in [0, 0.1) is 12.8 Å². The number of aliphatic hydroxyl groups is 2. The van der Waals surface area contributed by atoms with Gasteiger partial charge in [-0.05, 0) is 63.8 Å². The van der Waals surface area contributed by atoms with Crippen molar-refractivity contribution >= 4 is 12.0 Å². The second-order valence-electron chi connectivity index (χ2n) is 9.70. The fourth-order valence-electron chi connectivity index (χ4n) is 4.14. The maximum absolute atomic E-state index is 13.2. The van der Waals surface area contributed by atoms with E-state index in [-0.39, 0.29) is 18.6 Å². The van der Waals surface area contributed by atoms with Gasteiger partial charge < -0.3 is 29.2 Å². The van der Waals surface area contributed by atoms with Crippen LogP contribution in [-0.4, -0.2) is 59.1 Å².